The molecule has 0 unspecified atom stereocenters. The van der Waals surface area contributed by atoms with Crippen molar-refractivity contribution >= 4 is 11.9 Å². The molecule has 2 aliphatic heterocycles. The molecule has 49 heavy (non-hydrogen) atoms. The maximum atomic E-state index is 13.6. The molecule has 2 heterocycles. The van der Waals surface area contributed by atoms with Gasteiger partial charge in [-0.15, -0.1) is 0 Å². The van der Waals surface area contributed by atoms with Crippen molar-refractivity contribution in [2.45, 2.75) is 217 Å². The van der Waals surface area contributed by atoms with Crippen LogP contribution in [0.15, 0.2) is 0 Å². The van der Waals surface area contributed by atoms with Crippen molar-refractivity contribution in [2.75, 3.05) is 0 Å². The van der Waals surface area contributed by atoms with E-state index in [1.165, 1.54) is 19.8 Å². The van der Waals surface area contributed by atoms with Crippen LogP contribution in [0.5, 0.6) is 0 Å². The summed E-state index contributed by atoms with van der Waals surface area (Å²) in [5, 5.41) is 62.4. The molecule has 2 fully saturated rings. The van der Waals surface area contributed by atoms with E-state index >= 15 is 0 Å². The first-order valence-corrected chi connectivity index (χ1v) is 18.5. The van der Waals surface area contributed by atoms with E-state index < -0.39 is 84.6 Å². The Kier molecular flexibility index (Phi) is 18.9. The summed E-state index contributed by atoms with van der Waals surface area (Å²) in [4.78, 5) is 25.4. The molecule has 0 bridgehead atoms. The maximum absolute atomic E-state index is 13.6. The lowest BCUT2D eigenvalue weighted by Gasteiger charge is -2.47. The molecule has 2 rings (SSSR count). The zero-order chi connectivity index (χ0) is 36.8. The van der Waals surface area contributed by atoms with Gasteiger partial charge in [0.25, 0.3) is 0 Å². The predicted octanol–water partition coefficient (Wildman–Crippen LogP) is 4.11. The summed E-state index contributed by atoms with van der Waals surface area (Å²) in [7, 11) is 0. The number of carboxylic acid groups (broad SMARTS) is 1. The highest BCUT2D eigenvalue weighted by molar-refractivity contribution is 5.73. The first-order valence-electron chi connectivity index (χ1n) is 18.5. The van der Waals surface area contributed by atoms with Gasteiger partial charge >= 0.3 is 11.9 Å². The van der Waals surface area contributed by atoms with Crippen LogP contribution in [-0.4, -0.2) is 115 Å². The predicted molar refractivity (Wildman–Crippen MR) is 180 cm³/mol. The van der Waals surface area contributed by atoms with Gasteiger partial charge in [-0.3, -0.25) is 9.59 Å². The Labute approximate surface area is 292 Å². The number of aliphatic hydroxyl groups excluding tert-OH is 5. The number of ether oxygens (including phenoxy) is 5. The number of esters is 1. The molecule has 0 aromatic rings. The van der Waals surface area contributed by atoms with E-state index in [1.807, 2.05) is 0 Å². The summed E-state index contributed by atoms with van der Waals surface area (Å²) < 4.78 is 29.8. The van der Waals surface area contributed by atoms with Crippen molar-refractivity contribution in [3.8, 4) is 0 Å². The molecule has 0 spiro atoms. The molecule has 0 aliphatic carbocycles. The van der Waals surface area contributed by atoms with Crippen LogP contribution < -0.4 is 0 Å². The highest BCUT2D eigenvalue weighted by Crippen LogP contribution is 2.35. The highest BCUT2D eigenvalue weighted by Gasteiger charge is 2.51. The van der Waals surface area contributed by atoms with Crippen molar-refractivity contribution in [3.05, 3.63) is 0 Å². The Morgan fingerprint density at radius 3 is 1.61 bits per heavy atom. The van der Waals surface area contributed by atoms with E-state index in [4.69, 9.17) is 23.7 Å². The first-order chi connectivity index (χ1) is 23.1. The Morgan fingerprint density at radius 1 is 0.612 bits per heavy atom. The fourth-order valence-electron chi connectivity index (χ4n) is 6.66. The Morgan fingerprint density at radius 2 is 1.08 bits per heavy atom. The maximum Gasteiger partial charge on any atom is 0.309 e. The molecule has 2 saturated heterocycles. The zero-order valence-electron chi connectivity index (χ0n) is 30.6. The van der Waals surface area contributed by atoms with Gasteiger partial charge in [0.15, 0.2) is 12.6 Å². The van der Waals surface area contributed by atoms with Gasteiger partial charge in [0.1, 0.15) is 42.2 Å². The number of carbonyl (C=O) groups excluding carboxylic acids is 1. The minimum atomic E-state index is -1.68. The Balaban J connectivity index is 2.25. The standard InChI is InChI=1S/C36H66O13/c1-7-9-11-13-14-16-18-19-35(5,21-25(37)38)48-26(39)22-36(6,20-17-15-12-10-8-2)49-34-32(30(43)28(41)24(4)46-34)47-33-31(44)29(42)27(40)23(3)45-33/h23-24,27-34,40-44H,7-22H2,1-6H3,(H,37,38)/t23-,24-,27-,28-,29+,30+,31+,32+,33-,34-,35+,36+/m0/s1. The lowest BCUT2D eigenvalue weighted by atomic mass is 9.91. The highest BCUT2D eigenvalue weighted by atomic mass is 16.8. The molecular weight excluding hydrogens is 640 g/mol. The number of carbonyl (C=O) groups is 2. The third-order valence-corrected chi connectivity index (χ3v) is 9.81. The van der Waals surface area contributed by atoms with Crippen molar-refractivity contribution < 1.29 is 63.9 Å². The van der Waals surface area contributed by atoms with Gasteiger partial charge in [-0.2, -0.15) is 0 Å². The molecular formula is C36H66O13. The van der Waals surface area contributed by atoms with E-state index in [0.29, 0.717) is 19.3 Å². The van der Waals surface area contributed by atoms with Gasteiger partial charge in [-0.05, 0) is 47.0 Å². The molecule has 288 valence electrons. The van der Waals surface area contributed by atoms with Gasteiger partial charge in [0.2, 0.25) is 0 Å². The normalized spacial score (nSPS) is 33.0. The van der Waals surface area contributed by atoms with Gasteiger partial charge in [0.05, 0.1) is 30.7 Å². The van der Waals surface area contributed by atoms with E-state index in [0.717, 1.165) is 57.8 Å². The smallest absolute Gasteiger partial charge is 0.309 e. The van der Waals surface area contributed by atoms with Crippen molar-refractivity contribution in [1.29, 1.82) is 0 Å². The molecule has 0 amide bonds. The molecule has 6 N–H and O–H groups in total. The average molecular weight is 707 g/mol. The van der Waals surface area contributed by atoms with Crippen LogP contribution >= 0.6 is 0 Å². The number of carboxylic acids is 1. The van der Waals surface area contributed by atoms with Crippen LogP contribution in [0.2, 0.25) is 0 Å². The third kappa shape index (κ3) is 14.3. The fourth-order valence-corrected chi connectivity index (χ4v) is 6.66. The van der Waals surface area contributed by atoms with Crippen molar-refractivity contribution in [2.24, 2.45) is 0 Å². The molecule has 12 atom stereocenters. The summed E-state index contributed by atoms with van der Waals surface area (Å²) in [6, 6.07) is 0. The topological polar surface area (TPSA) is 202 Å². The molecule has 13 heteroatoms. The second-order valence-corrected chi connectivity index (χ2v) is 14.7. The van der Waals surface area contributed by atoms with E-state index in [-0.39, 0.29) is 12.8 Å². The number of unbranched alkanes of at least 4 members (excludes halogenated alkanes) is 10. The number of rotatable bonds is 23. The molecule has 0 aromatic heterocycles. The summed E-state index contributed by atoms with van der Waals surface area (Å²) in [5.74, 6) is -1.70. The SMILES string of the molecule is CCCCCCCCC[C@](C)(CC(=O)O)OC(=O)C[C@@](C)(CCCCCCC)O[C@@H]1O[C@@H](C)[C@H](O)[C@@H](O)[C@H]1O[C@@H]1O[C@@H](C)[C@H](O)[C@@H](O)[C@H]1O. The van der Waals surface area contributed by atoms with Crippen LogP contribution in [-0.2, 0) is 33.3 Å². The minimum Gasteiger partial charge on any atom is -0.481 e. The summed E-state index contributed by atoms with van der Waals surface area (Å²) >= 11 is 0. The van der Waals surface area contributed by atoms with Crippen LogP contribution in [0.4, 0.5) is 0 Å². The van der Waals surface area contributed by atoms with E-state index in [1.54, 1.807) is 20.8 Å². The minimum absolute atomic E-state index is 0.253. The molecule has 0 radical (unpaired) electrons. The van der Waals surface area contributed by atoms with Crippen LogP contribution in [0.1, 0.15) is 144 Å². The summed E-state index contributed by atoms with van der Waals surface area (Å²) in [5.41, 5.74) is -2.44. The van der Waals surface area contributed by atoms with Crippen molar-refractivity contribution in [3.63, 3.8) is 0 Å². The Hall–Kier alpha value is -1.42. The largest absolute Gasteiger partial charge is 0.481 e. The molecule has 0 saturated carbocycles. The summed E-state index contributed by atoms with van der Waals surface area (Å²) in [6.07, 6.45) is -1.55. The van der Waals surface area contributed by atoms with Gasteiger partial charge in [0, 0.05) is 0 Å². The monoisotopic (exact) mass is 706 g/mol. The molecule has 13 nitrogen and oxygen atoms in total. The first kappa shape index (κ1) is 43.7. The van der Waals surface area contributed by atoms with Crippen LogP contribution in [0.3, 0.4) is 0 Å². The molecule has 2 aliphatic rings. The second kappa shape index (κ2) is 21.2. The quantitative estimate of drug-likeness (QED) is 0.0656. The Bertz CT molecular complexity index is 967. The lowest BCUT2D eigenvalue weighted by Crippen LogP contribution is -2.64. The number of aliphatic hydroxyl groups is 5. The van der Waals surface area contributed by atoms with E-state index in [9.17, 15) is 40.2 Å². The average Bonchev–Trinajstić information content (AvgIpc) is 3.02. The molecule has 0 aromatic carbocycles. The fraction of sp³-hybridized carbons (Fsp3) is 0.944. The summed E-state index contributed by atoms with van der Waals surface area (Å²) in [6.45, 7) is 10.7. The van der Waals surface area contributed by atoms with Gasteiger partial charge in [-0.1, -0.05) is 84.5 Å². The zero-order valence-corrected chi connectivity index (χ0v) is 30.6. The van der Waals surface area contributed by atoms with E-state index in [2.05, 4.69) is 13.8 Å². The lowest BCUT2D eigenvalue weighted by molar-refractivity contribution is -0.373. The van der Waals surface area contributed by atoms with Crippen molar-refractivity contribution in [1.82, 2.24) is 0 Å². The van der Waals surface area contributed by atoms with Crippen LogP contribution in [0, 0.1) is 0 Å². The van der Waals surface area contributed by atoms with Gasteiger partial charge in [-0.25, -0.2) is 0 Å². The third-order valence-electron chi connectivity index (χ3n) is 9.81. The van der Waals surface area contributed by atoms with Crippen LogP contribution in [0.25, 0.3) is 0 Å². The number of hydrogen-bond acceptors (Lipinski definition) is 12. The van der Waals surface area contributed by atoms with Gasteiger partial charge < -0.3 is 54.3 Å². The number of hydrogen-bond donors (Lipinski definition) is 6. The number of aliphatic carboxylic acids is 1. The second-order valence-electron chi connectivity index (χ2n) is 14.7.